The Hall–Kier alpha value is -1.49. The monoisotopic (exact) mass is 225 g/mol. The van der Waals surface area contributed by atoms with Gasteiger partial charge >= 0.3 is 0 Å². The van der Waals surface area contributed by atoms with E-state index in [0.717, 1.165) is 18.9 Å². The maximum atomic E-state index is 13.0. The molecule has 16 heavy (non-hydrogen) atoms. The standard InChI is InChI=1S/C11H12FNO3/c12-9-1-2-10(13(15)16)8(5-9)6-11(7-14)3-4-11/h1-2,5,14H,3-4,6-7H2. The first kappa shape index (κ1) is 11.0. The van der Waals surface area contributed by atoms with Crippen LogP contribution < -0.4 is 0 Å². The average Bonchev–Trinajstić information content (AvgIpc) is 2.98. The van der Waals surface area contributed by atoms with Gasteiger partial charge in [0.05, 0.1) is 4.92 Å². The number of aliphatic hydroxyl groups excluding tert-OH is 1. The van der Waals surface area contributed by atoms with Crippen LogP contribution in [-0.2, 0) is 6.42 Å². The number of hydrogen-bond donors (Lipinski definition) is 1. The van der Waals surface area contributed by atoms with Crippen LogP contribution in [0.3, 0.4) is 0 Å². The molecule has 0 bridgehead atoms. The molecule has 0 atom stereocenters. The summed E-state index contributed by atoms with van der Waals surface area (Å²) < 4.78 is 13.0. The van der Waals surface area contributed by atoms with Crippen molar-refractivity contribution in [3.63, 3.8) is 0 Å². The van der Waals surface area contributed by atoms with Crippen molar-refractivity contribution in [2.45, 2.75) is 19.3 Å². The topological polar surface area (TPSA) is 63.4 Å². The summed E-state index contributed by atoms with van der Waals surface area (Å²) in [7, 11) is 0. The molecule has 1 aromatic carbocycles. The van der Waals surface area contributed by atoms with E-state index in [1.54, 1.807) is 0 Å². The molecule has 1 N–H and O–H groups in total. The van der Waals surface area contributed by atoms with E-state index in [1.807, 2.05) is 0 Å². The van der Waals surface area contributed by atoms with Crippen molar-refractivity contribution in [2.24, 2.45) is 5.41 Å². The first-order valence-electron chi connectivity index (χ1n) is 5.10. The van der Waals surface area contributed by atoms with Crippen LogP contribution in [0.2, 0.25) is 0 Å². The first-order chi connectivity index (χ1) is 7.56. The first-order valence-corrected chi connectivity index (χ1v) is 5.10. The zero-order chi connectivity index (χ0) is 11.8. The number of nitro groups is 1. The second-order valence-electron chi connectivity index (χ2n) is 4.37. The van der Waals surface area contributed by atoms with Gasteiger partial charge in [0.25, 0.3) is 5.69 Å². The summed E-state index contributed by atoms with van der Waals surface area (Å²) in [5.74, 6) is -0.477. The van der Waals surface area contributed by atoms with Crippen LogP contribution in [0.25, 0.3) is 0 Å². The number of hydrogen-bond acceptors (Lipinski definition) is 3. The van der Waals surface area contributed by atoms with Gasteiger partial charge in [-0.1, -0.05) is 0 Å². The smallest absolute Gasteiger partial charge is 0.272 e. The van der Waals surface area contributed by atoms with E-state index >= 15 is 0 Å². The quantitative estimate of drug-likeness (QED) is 0.630. The van der Waals surface area contributed by atoms with Crippen molar-refractivity contribution < 1.29 is 14.4 Å². The van der Waals surface area contributed by atoms with Crippen molar-refractivity contribution >= 4 is 5.69 Å². The normalized spacial score (nSPS) is 17.1. The van der Waals surface area contributed by atoms with Gasteiger partial charge in [0.1, 0.15) is 5.82 Å². The summed E-state index contributed by atoms with van der Waals surface area (Å²) in [6, 6.07) is 3.45. The van der Waals surface area contributed by atoms with Crippen molar-refractivity contribution in [1.82, 2.24) is 0 Å². The van der Waals surface area contributed by atoms with E-state index in [1.165, 1.54) is 12.1 Å². The van der Waals surface area contributed by atoms with Gasteiger partial charge in [-0.15, -0.1) is 0 Å². The Morgan fingerprint density at radius 3 is 2.69 bits per heavy atom. The number of benzene rings is 1. The molecular weight excluding hydrogens is 213 g/mol. The van der Waals surface area contributed by atoms with Gasteiger partial charge in [0, 0.05) is 18.2 Å². The third kappa shape index (κ3) is 2.04. The summed E-state index contributed by atoms with van der Waals surface area (Å²) in [4.78, 5) is 10.2. The van der Waals surface area contributed by atoms with Gasteiger partial charge in [0.2, 0.25) is 0 Å². The number of nitro benzene ring substituents is 1. The molecule has 1 aliphatic carbocycles. The Labute approximate surface area is 91.9 Å². The lowest BCUT2D eigenvalue weighted by Crippen LogP contribution is -2.11. The molecule has 0 unspecified atom stereocenters. The van der Waals surface area contributed by atoms with Crippen LogP contribution in [0.5, 0.6) is 0 Å². The molecule has 0 amide bonds. The maximum Gasteiger partial charge on any atom is 0.272 e. The molecule has 1 aliphatic rings. The Balaban J connectivity index is 2.31. The zero-order valence-electron chi connectivity index (χ0n) is 8.65. The molecule has 1 aromatic rings. The molecule has 1 saturated carbocycles. The Bertz CT molecular complexity index is 429. The zero-order valence-corrected chi connectivity index (χ0v) is 8.65. The molecule has 0 radical (unpaired) electrons. The van der Waals surface area contributed by atoms with E-state index < -0.39 is 10.7 Å². The summed E-state index contributed by atoms with van der Waals surface area (Å²) in [5.41, 5.74) is 0.0520. The molecule has 0 aliphatic heterocycles. The highest BCUT2D eigenvalue weighted by atomic mass is 19.1. The maximum absolute atomic E-state index is 13.0. The van der Waals surface area contributed by atoms with Gasteiger partial charge in [-0.05, 0) is 36.8 Å². The Morgan fingerprint density at radius 2 is 2.19 bits per heavy atom. The molecule has 86 valence electrons. The Kier molecular flexibility index (Phi) is 2.63. The molecule has 4 nitrogen and oxygen atoms in total. The van der Waals surface area contributed by atoms with Crippen molar-refractivity contribution in [3.8, 4) is 0 Å². The predicted octanol–water partition coefficient (Wildman–Crippen LogP) is 2.05. The fraction of sp³-hybridized carbons (Fsp3) is 0.455. The molecule has 1 fully saturated rings. The lowest BCUT2D eigenvalue weighted by Gasteiger charge is -2.11. The second-order valence-corrected chi connectivity index (χ2v) is 4.37. The number of aliphatic hydroxyl groups is 1. The molecule has 0 saturated heterocycles. The van der Waals surface area contributed by atoms with Crippen LogP contribution in [0.15, 0.2) is 18.2 Å². The molecular formula is C11H12FNO3. The number of halogens is 1. The third-order valence-corrected chi connectivity index (χ3v) is 3.10. The van der Waals surface area contributed by atoms with Gasteiger partial charge < -0.3 is 5.11 Å². The summed E-state index contributed by atoms with van der Waals surface area (Å²) >= 11 is 0. The van der Waals surface area contributed by atoms with Crippen LogP contribution in [0.4, 0.5) is 10.1 Å². The highest BCUT2D eigenvalue weighted by Gasteiger charge is 2.43. The average molecular weight is 225 g/mol. The second kappa shape index (κ2) is 3.83. The van der Waals surface area contributed by atoms with Crippen LogP contribution in [0.1, 0.15) is 18.4 Å². The Morgan fingerprint density at radius 1 is 1.50 bits per heavy atom. The highest BCUT2D eigenvalue weighted by molar-refractivity contribution is 5.41. The minimum Gasteiger partial charge on any atom is -0.396 e. The van der Waals surface area contributed by atoms with Gasteiger partial charge in [0.15, 0.2) is 0 Å². The van der Waals surface area contributed by atoms with E-state index in [-0.39, 0.29) is 17.7 Å². The largest absolute Gasteiger partial charge is 0.396 e. The summed E-state index contributed by atoms with van der Waals surface area (Å²) in [5, 5.41) is 19.9. The van der Waals surface area contributed by atoms with Crippen LogP contribution in [0, 0.1) is 21.3 Å². The predicted molar refractivity (Wildman–Crippen MR) is 55.5 cm³/mol. The van der Waals surface area contributed by atoms with Crippen LogP contribution in [-0.4, -0.2) is 16.6 Å². The van der Waals surface area contributed by atoms with Gasteiger partial charge in [-0.2, -0.15) is 0 Å². The van der Waals surface area contributed by atoms with Crippen molar-refractivity contribution in [2.75, 3.05) is 6.61 Å². The van der Waals surface area contributed by atoms with E-state index in [4.69, 9.17) is 5.11 Å². The lowest BCUT2D eigenvalue weighted by atomic mass is 9.96. The van der Waals surface area contributed by atoms with Gasteiger partial charge in [-0.25, -0.2) is 4.39 Å². The highest BCUT2D eigenvalue weighted by Crippen LogP contribution is 2.48. The molecule has 0 spiro atoms. The minimum absolute atomic E-state index is 0.000662. The molecule has 2 rings (SSSR count). The molecule has 5 heteroatoms. The number of rotatable bonds is 4. The van der Waals surface area contributed by atoms with Crippen molar-refractivity contribution in [1.29, 1.82) is 0 Å². The SMILES string of the molecule is O=[N+]([O-])c1ccc(F)cc1CC1(CO)CC1. The minimum atomic E-state index is -0.512. The number of nitrogens with zero attached hydrogens (tertiary/aromatic N) is 1. The summed E-state index contributed by atoms with van der Waals surface area (Å²) in [6.45, 7) is 0.000662. The fourth-order valence-electron chi connectivity index (χ4n) is 1.85. The van der Waals surface area contributed by atoms with E-state index in [2.05, 4.69) is 0 Å². The summed E-state index contributed by atoms with van der Waals surface area (Å²) in [6.07, 6.45) is 2.06. The molecule has 0 heterocycles. The van der Waals surface area contributed by atoms with Crippen LogP contribution >= 0.6 is 0 Å². The van der Waals surface area contributed by atoms with E-state index in [9.17, 15) is 14.5 Å². The van der Waals surface area contributed by atoms with Gasteiger partial charge in [-0.3, -0.25) is 10.1 Å². The fourth-order valence-corrected chi connectivity index (χ4v) is 1.85. The third-order valence-electron chi connectivity index (χ3n) is 3.10. The van der Waals surface area contributed by atoms with Crippen molar-refractivity contribution in [3.05, 3.63) is 39.7 Å². The lowest BCUT2D eigenvalue weighted by molar-refractivity contribution is -0.385. The van der Waals surface area contributed by atoms with E-state index in [0.29, 0.717) is 12.0 Å². The molecule has 0 aromatic heterocycles.